The first kappa shape index (κ1) is 9.76. The second-order valence-electron chi connectivity index (χ2n) is 3.95. The van der Waals surface area contributed by atoms with Crippen LogP contribution in [0.1, 0.15) is 52.4 Å². The van der Waals surface area contributed by atoms with Crippen molar-refractivity contribution < 1.29 is 4.79 Å². The number of carbonyl (C=O) groups excluding carboxylic acids is 1. The Balaban J connectivity index is 2.33. The van der Waals surface area contributed by atoms with Crippen molar-refractivity contribution in [1.82, 2.24) is 0 Å². The van der Waals surface area contributed by atoms with Crippen LogP contribution in [-0.4, -0.2) is 5.78 Å². The molecule has 70 valence electrons. The molecule has 0 atom stereocenters. The fraction of sp³-hybridized carbons (Fsp3) is 0.909. The number of Topliss-reactive ketones (excluding diaryl/α,β-unsaturated/α-hetero) is 1. The number of carbonyl (C=O) groups is 1. The second kappa shape index (κ2) is 4.64. The van der Waals surface area contributed by atoms with E-state index in [-0.39, 0.29) is 0 Å². The van der Waals surface area contributed by atoms with E-state index in [9.17, 15) is 4.79 Å². The van der Waals surface area contributed by atoms with Gasteiger partial charge in [-0.3, -0.25) is 4.79 Å². The third kappa shape index (κ3) is 2.62. The molecule has 0 heterocycles. The quantitative estimate of drug-likeness (QED) is 0.595. The maximum atomic E-state index is 11.7. The Bertz CT molecular complexity index is 141. The summed E-state index contributed by atoms with van der Waals surface area (Å²) in [6.45, 7) is 4.34. The van der Waals surface area contributed by atoms with Gasteiger partial charge in [-0.05, 0) is 25.7 Å². The van der Waals surface area contributed by atoms with E-state index in [0.29, 0.717) is 17.6 Å². The molecule has 0 N–H and O–H groups in total. The Labute approximate surface area is 75.5 Å². The Morgan fingerprint density at radius 1 is 1.25 bits per heavy atom. The fourth-order valence-corrected chi connectivity index (χ4v) is 1.83. The van der Waals surface area contributed by atoms with Crippen LogP contribution in [0, 0.1) is 11.8 Å². The molecule has 1 rings (SSSR count). The normalized spacial score (nSPS) is 16.9. The van der Waals surface area contributed by atoms with E-state index in [2.05, 4.69) is 13.8 Å². The summed E-state index contributed by atoms with van der Waals surface area (Å²) in [6.07, 6.45) is 6.88. The summed E-state index contributed by atoms with van der Waals surface area (Å²) in [6, 6.07) is 0. The molecule has 0 aromatic rings. The lowest BCUT2D eigenvalue weighted by molar-refractivity contribution is -0.124. The Kier molecular flexibility index (Phi) is 3.77. The standard InChI is InChI=1S/C11H20O/c1-3-5-9(6-4-2)11(12)10-7-8-10/h9-10H,3-8H2,1-2H3. The van der Waals surface area contributed by atoms with E-state index in [1.54, 1.807) is 0 Å². The van der Waals surface area contributed by atoms with Gasteiger partial charge in [-0.2, -0.15) is 0 Å². The molecule has 0 unspecified atom stereocenters. The van der Waals surface area contributed by atoms with Gasteiger partial charge >= 0.3 is 0 Å². The third-order valence-electron chi connectivity index (χ3n) is 2.66. The van der Waals surface area contributed by atoms with Crippen molar-refractivity contribution in [3.63, 3.8) is 0 Å². The zero-order valence-corrected chi connectivity index (χ0v) is 8.31. The van der Waals surface area contributed by atoms with Gasteiger partial charge in [-0.15, -0.1) is 0 Å². The summed E-state index contributed by atoms with van der Waals surface area (Å²) in [7, 11) is 0. The fourth-order valence-electron chi connectivity index (χ4n) is 1.83. The zero-order chi connectivity index (χ0) is 8.97. The van der Waals surface area contributed by atoms with Crippen molar-refractivity contribution in [2.45, 2.75) is 52.4 Å². The minimum Gasteiger partial charge on any atom is -0.299 e. The maximum absolute atomic E-state index is 11.7. The van der Waals surface area contributed by atoms with Gasteiger partial charge in [0.15, 0.2) is 0 Å². The molecule has 1 saturated carbocycles. The molecule has 0 saturated heterocycles. The van der Waals surface area contributed by atoms with Crippen molar-refractivity contribution in [3.05, 3.63) is 0 Å². The van der Waals surface area contributed by atoms with Gasteiger partial charge in [-0.1, -0.05) is 26.7 Å². The highest BCUT2D eigenvalue weighted by Crippen LogP contribution is 2.34. The van der Waals surface area contributed by atoms with Crippen molar-refractivity contribution in [3.8, 4) is 0 Å². The van der Waals surface area contributed by atoms with Crippen molar-refractivity contribution >= 4 is 5.78 Å². The van der Waals surface area contributed by atoms with E-state index in [4.69, 9.17) is 0 Å². The smallest absolute Gasteiger partial charge is 0.139 e. The predicted octanol–water partition coefficient (Wildman–Crippen LogP) is 3.18. The lowest BCUT2D eigenvalue weighted by Gasteiger charge is -2.12. The van der Waals surface area contributed by atoms with Gasteiger partial charge in [0.2, 0.25) is 0 Å². The van der Waals surface area contributed by atoms with E-state index >= 15 is 0 Å². The number of hydrogen-bond acceptors (Lipinski definition) is 1. The summed E-state index contributed by atoms with van der Waals surface area (Å²) >= 11 is 0. The van der Waals surface area contributed by atoms with Crippen LogP contribution in [0.25, 0.3) is 0 Å². The molecule has 0 bridgehead atoms. The molecule has 1 aliphatic rings. The average Bonchev–Trinajstić information content (AvgIpc) is 2.85. The van der Waals surface area contributed by atoms with E-state index in [1.165, 1.54) is 12.8 Å². The Hall–Kier alpha value is -0.330. The molecule has 1 fully saturated rings. The first-order valence-electron chi connectivity index (χ1n) is 5.33. The number of hydrogen-bond donors (Lipinski definition) is 0. The molecule has 1 aliphatic carbocycles. The largest absolute Gasteiger partial charge is 0.299 e. The maximum Gasteiger partial charge on any atom is 0.139 e. The highest BCUT2D eigenvalue weighted by atomic mass is 16.1. The van der Waals surface area contributed by atoms with Crippen LogP contribution >= 0.6 is 0 Å². The third-order valence-corrected chi connectivity index (χ3v) is 2.66. The predicted molar refractivity (Wildman–Crippen MR) is 51.0 cm³/mol. The van der Waals surface area contributed by atoms with Gasteiger partial charge < -0.3 is 0 Å². The summed E-state index contributed by atoms with van der Waals surface area (Å²) in [5.74, 6) is 1.43. The van der Waals surface area contributed by atoms with Gasteiger partial charge in [0.25, 0.3) is 0 Å². The molecule has 1 nitrogen and oxygen atoms in total. The SMILES string of the molecule is CCCC(CCC)C(=O)C1CC1. The van der Waals surface area contributed by atoms with Gasteiger partial charge in [0.05, 0.1) is 0 Å². The molecule has 0 spiro atoms. The topological polar surface area (TPSA) is 17.1 Å². The molecule has 0 amide bonds. The summed E-state index contributed by atoms with van der Waals surface area (Å²) in [5.41, 5.74) is 0. The van der Waals surface area contributed by atoms with E-state index in [1.807, 2.05) is 0 Å². The van der Waals surface area contributed by atoms with Gasteiger partial charge in [0.1, 0.15) is 5.78 Å². The molecular weight excluding hydrogens is 148 g/mol. The van der Waals surface area contributed by atoms with Crippen molar-refractivity contribution in [1.29, 1.82) is 0 Å². The summed E-state index contributed by atoms with van der Waals surface area (Å²) in [5, 5.41) is 0. The molecular formula is C11H20O. The summed E-state index contributed by atoms with van der Waals surface area (Å²) in [4.78, 5) is 11.7. The van der Waals surface area contributed by atoms with Gasteiger partial charge in [-0.25, -0.2) is 0 Å². The molecule has 0 aromatic heterocycles. The van der Waals surface area contributed by atoms with Crippen molar-refractivity contribution in [2.75, 3.05) is 0 Å². The highest BCUT2D eigenvalue weighted by molar-refractivity contribution is 5.85. The number of ketones is 1. The summed E-state index contributed by atoms with van der Waals surface area (Å²) < 4.78 is 0. The lowest BCUT2D eigenvalue weighted by Crippen LogP contribution is -2.15. The molecule has 1 heteroatoms. The minimum absolute atomic E-state index is 0.396. The van der Waals surface area contributed by atoms with Crippen LogP contribution in [0.5, 0.6) is 0 Å². The van der Waals surface area contributed by atoms with Crippen molar-refractivity contribution in [2.24, 2.45) is 11.8 Å². The first-order chi connectivity index (χ1) is 5.79. The Morgan fingerprint density at radius 2 is 1.75 bits per heavy atom. The molecule has 0 aromatic carbocycles. The second-order valence-corrected chi connectivity index (χ2v) is 3.95. The average molecular weight is 168 g/mol. The van der Waals surface area contributed by atoms with Crippen LogP contribution in [-0.2, 0) is 4.79 Å². The first-order valence-corrected chi connectivity index (χ1v) is 5.33. The van der Waals surface area contributed by atoms with Crippen LogP contribution in [0.2, 0.25) is 0 Å². The highest BCUT2D eigenvalue weighted by Gasteiger charge is 2.33. The molecule has 0 radical (unpaired) electrons. The van der Waals surface area contributed by atoms with Gasteiger partial charge in [0, 0.05) is 11.8 Å². The monoisotopic (exact) mass is 168 g/mol. The lowest BCUT2D eigenvalue weighted by atomic mass is 9.91. The van der Waals surface area contributed by atoms with E-state index < -0.39 is 0 Å². The van der Waals surface area contributed by atoms with Crippen LogP contribution in [0.4, 0.5) is 0 Å². The molecule has 0 aliphatic heterocycles. The van der Waals surface area contributed by atoms with Crippen LogP contribution in [0.3, 0.4) is 0 Å². The molecule has 12 heavy (non-hydrogen) atoms. The Morgan fingerprint density at radius 3 is 2.08 bits per heavy atom. The van der Waals surface area contributed by atoms with Crippen LogP contribution < -0.4 is 0 Å². The number of rotatable bonds is 6. The van der Waals surface area contributed by atoms with Crippen LogP contribution in [0.15, 0.2) is 0 Å². The van der Waals surface area contributed by atoms with E-state index in [0.717, 1.165) is 25.7 Å². The minimum atomic E-state index is 0.396. The zero-order valence-electron chi connectivity index (χ0n) is 8.31.